The zero-order chi connectivity index (χ0) is 19.3. The lowest BCUT2D eigenvalue weighted by Gasteiger charge is -2.38. The third-order valence-electron chi connectivity index (χ3n) is 7.00. The molecule has 1 heterocycles. The first-order valence-electron chi connectivity index (χ1n) is 9.22. The van der Waals surface area contributed by atoms with Gasteiger partial charge in [0.05, 0.1) is 18.8 Å². The van der Waals surface area contributed by atoms with Crippen LogP contribution in [0.1, 0.15) is 33.6 Å². The van der Waals surface area contributed by atoms with Gasteiger partial charge in [-0.25, -0.2) is 0 Å². The third kappa shape index (κ3) is 3.52. The van der Waals surface area contributed by atoms with Crippen molar-refractivity contribution in [1.82, 2.24) is 0 Å². The van der Waals surface area contributed by atoms with Crippen LogP contribution in [0, 0.1) is 35.5 Å². The molecule has 3 rings (SSSR count). The first kappa shape index (κ1) is 21.7. The van der Waals surface area contributed by atoms with Gasteiger partial charge >= 0.3 is 0 Å². The molecule has 7 unspecified atom stereocenters. The largest absolute Gasteiger partial charge is 0.382 e. The standard InChI is InChI=1S/C18H28Cl4O4/c1-10-12-5-6-13(16(12,3)25-9-24-8-7-23-4)14(10)15-11(2)17(19,20)26-18(15,21)22/h10-15H,5-9H2,1-4H3. The minimum atomic E-state index is -1.40. The van der Waals surface area contributed by atoms with E-state index in [-0.39, 0.29) is 30.1 Å². The minimum absolute atomic E-state index is 0.163. The Kier molecular flexibility index (Phi) is 6.41. The van der Waals surface area contributed by atoms with E-state index in [1.54, 1.807) is 7.11 Å². The Labute approximate surface area is 176 Å². The van der Waals surface area contributed by atoms with E-state index in [1.165, 1.54) is 0 Å². The lowest BCUT2D eigenvalue weighted by molar-refractivity contribution is -0.161. The van der Waals surface area contributed by atoms with E-state index in [4.69, 9.17) is 65.4 Å². The maximum Gasteiger partial charge on any atom is 0.223 e. The number of hydrogen-bond donors (Lipinski definition) is 0. The average Bonchev–Trinajstić information content (AvgIpc) is 3.01. The molecule has 3 aliphatic rings. The highest BCUT2D eigenvalue weighted by molar-refractivity contribution is 6.51. The molecule has 0 aromatic carbocycles. The van der Waals surface area contributed by atoms with Crippen LogP contribution < -0.4 is 0 Å². The smallest absolute Gasteiger partial charge is 0.223 e. The van der Waals surface area contributed by atoms with Gasteiger partial charge in [-0.3, -0.25) is 0 Å². The van der Waals surface area contributed by atoms with Crippen LogP contribution in [-0.4, -0.2) is 41.8 Å². The van der Waals surface area contributed by atoms with E-state index in [9.17, 15) is 0 Å². The fourth-order valence-electron chi connectivity index (χ4n) is 5.76. The summed E-state index contributed by atoms with van der Waals surface area (Å²) in [4.78, 5) is 0. The van der Waals surface area contributed by atoms with Gasteiger partial charge in [0.15, 0.2) is 0 Å². The van der Waals surface area contributed by atoms with Gasteiger partial charge in [0, 0.05) is 18.9 Å². The molecule has 0 N–H and O–H groups in total. The van der Waals surface area contributed by atoms with Gasteiger partial charge in [0.1, 0.15) is 6.79 Å². The zero-order valence-electron chi connectivity index (χ0n) is 15.6. The Morgan fingerprint density at radius 2 is 1.65 bits per heavy atom. The quantitative estimate of drug-likeness (QED) is 0.303. The Morgan fingerprint density at radius 3 is 2.23 bits per heavy atom. The molecule has 1 saturated heterocycles. The van der Waals surface area contributed by atoms with Crippen LogP contribution in [0.25, 0.3) is 0 Å². The molecule has 7 atom stereocenters. The van der Waals surface area contributed by atoms with Crippen molar-refractivity contribution >= 4 is 46.4 Å². The molecule has 3 fully saturated rings. The molecule has 2 aliphatic carbocycles. The third-order valence-corrected chi connectivity index (χ3v) is 8.50. The summed E-state index contributed by atoms with van der Waals surface area (Å²) in [5.74, 6) is 0.984. The summed E-state index contributed by atoms with van der Waals surface area (Å²) < 4.78 is 19.6. The van der Waals surface area contributed by atoms with Crippen LogP contribution in [0.2, 0.25) is 0 Å². The van der Waals surface area contributed by atoms with Crippen LogP contribution in [0.15, 0.2) is 0 Å². The Morgan fingerprint density at radius 1 is 1.00 bits per heavy atom. The van der Waals surface area contributed by atoms with Crippen LogP contribution >= 0.6 is 46.4 Å². The summed E-state index contributed by atoms with van der Waals surface area (Å²) in [5, 5.41) is 0. The lowest BCUT2D eigenvalue weighted by atomic mass is 9.70. The Balaban J connectivity index is 1.76. The molecule has 0 aromatic rings. The van der Waals surface area contributed by atoms with Crippen LogP contribution in [0.4, 0.5) is 0 Å². The maximum absolute atomic E-state index is 6.55. The predicted molar refractivity (Wildman–Crippen MR) is 104 cm³/mol. The van der Waals surface area contributed by atoms with Crippen molar-refractivity contribution in [2.24, 2.45) is 35.5 Å². The summed E-state index contributed by atoms with van der Waals surface area (Å²) in [6.45, 7) is 7.72. The molecule has 8 heteroatoms. The summed E-state index contributed by atoms with van der Waals surface area (Å²) in [6.07, 6.45) is 2.20. The topological polar surface area (TPSA) is 36.9 Å². The fourth-order valence-corrected chi connectivity index (χ4v) is 7.35. The first-order valence-corrected chi connectivity index (χ1v) is 10.7. The molecule has 26 heavy (non-hydrogen) atoms. The van der Waals surface area contributed by atoms with Crippen molar-refractivity contribution < 1.29 is 18.9 Å². The van der Waals surface area contributed by atoms with Gasteiger partial charge in [-0.2, -0.15) is 0 Å². The molecule has 0 radical (unpaired) electrons. The van der Waals surface area contributed by atoms with E-state index in [1.807, 2.05) is 6.92 Å². The van der Waals surface area contributed by atoms with E-state index in [0.717, 1.165) is 12.8 Å². The summed E-state index contributed by atoms with van der Waals surface area (Å²) in [6, 6.07) is 0. The average molecular weight is 450 g/mol. The summed E-state index contributed by atoms with van der Waals surface area (Å²) in [5.41, 5.74) is -0.273. The number of halogens is 4. The molecule has 1 aliphatic heterocycles. The number of methoxy groups -OCH3 is 1. The van der Waals surface area contributed by atoms with Gasteiger partial charge in [0.2, 0.25) is 9.04 Å². The SMILES string of the molecule is COCCOCOC1(C)C2CCC1C(C1C(C)C(Cl)(Cl)OC1(Cl)Cl)C2C. The highest BCUT2D eigenvalue weighted by Gasteiger charge is 2.69. The number of ether oxygens (including phenoxy) is 4. The monoisotopic (exact) mass is 448 g/mol. The van der Waals surface area contributed by atoms with Crippen molar-refractivity contribution in [3.05, 3.63) is 0 Å². The highest BCUT2D eigenvalue weighted by atomic mass is 35.5. The van der Waals surface area contributed by atoms with Crippen molar-refractivity contribution in [3.8, 4) is 0 Å². The van der Waals surface area contributed by atoms with Gasteiger partial charge in [-0.05, 0) is 43.4 Å². The van der Waals surface area contributed by atoms with Crippen molar-refractivity contribution in [3.63, 3.8) is 0 Å². The molecule has 4 nitrogen and oxygen atoms in total. The molecule has 2 saturated carbocycles. The number of fused-ring (bicyclic) bond motifs is 2. The molecule has 0 aromatic heterocycles. The second-order valence-corrected chi connectivity index (χ2v) is 10.7. The summed E-state index contributed by atoms with van der Waals surface area (Å²) >= 11 is 25.8. The molecule has 0 amide bonds. The Bertz CT molecular complexity index is 517. The van der Waals surface area contributed by atoms with Crippen LogP contribution in [0.3, 0.4) is 0 Å². The maximum atomic E-state index is 6.55. The van der Waals surface area contributed by atoms with E-state index in [2.05, 4.69) is 13.8 Å². The second kappa shape index (κ2) is 7.68. The summed E-state index contributed by atoms with van der Waals surface area (Å²) in [7, 11) is 1.65. The molecule has 2 bridgehead atoms. The van der Waals surface area contributed by atoms with Crippen molar-refractivity contribution in [2.45, 2.75) is 48.3 Å². The molecule has 0 spiro atoms. The predicted octanol–water partition coefficient (Wildman–Crippen LogP) is 5.22. The normalized spacial score (nSPS) is 46.2. The first-order chi connectivity index (χ1) is 12.1. The highest BCUT2D eigenvalue weighted by Crippen LogP contribution is 2.68. The number of alkyl halides is 4. The Hall–Kier alpha value is 1.00. The number of hydrogen-bond acceptors (Lipinski definition) is 4. The van der Waals surface area contributed by atoms with Crippen molar-refractivity contribution in [1.29, 1.82) is 0 Å². The lowest BCUT2D eigenvalue weighted by Crippen LogP contribution is -2.40. The molecule has 152 valence electrons. The van der Waals surface area contributed by atoms with E-state index in [0.29, 0.717) is 31.0 Å². The van der Waals surface area contributed by atoms with Crippen molar-refractivity contribution in [2.75, 3.05) is 27.1 Å². The van der Waals surface area contributed by atoms with E-state index < -0.39 is 9.04 Å². The van der Waals surface area contributed by atoms with Crippen LogP contribution in [-0.2, 0) is 18.9 Å². The molecular weight excluding hydrogens is 422 g/mol. The second-order valence-electron chi connectivity index (χ2n) is 8.11. The van der Waals surface area contributed by atoms with Gasteiger partial charge in [-0.15, -0.1) is 0 Å². The zero-order valence-corrected chi connectivity index (χ0v) is 18.7. The molecular formula is C18H28Cl4O4. The van der Waals surface area contributed by atoms with E-state index >= 15 is 0 Å². The number of rotatable bonds is 7. The van der Waals surface area contributed by atoms with Crippen LogP contribution in [0.5, 0.6) is 0 Å². The van der Waals surface area contributed by atoms with Gasteiger partial charge in [0.25, 0.3) is 0 Å². The fraction of sp³-hybridized carbons (Fsp3) is 1.00. The van der Waals surface area contributed by atoms with Gasteiger partial charge < -0.3 is 18.9 Å². The minimum Gasteiger partial charge on any atom is -0.382 e. The van der Waals surface area contributed by atoms with Gasteiger partial charge in [-0.1, -0.05) is 60.3 Å².